The number of Topliss-reactive ketones (excluding diaryl/α,β-unsaturated/α-hetero) is 1. The minimum atomic E-state index is -0.636. The van der Waals surface area contributed by atoms with Gasteiger partial charge in [-0.25, -0.2) is 9.18 Å². The van der Waals surface area contributed by atoms with E-state index in [2.05, 4.69) is 5.32 Å². The van der Waals surface area contributed by atoms with Gasteiger partial charge in [0.2, 0.25) is 0 Å². The lowest BCUT2D eigenvalue weighted by atomic mass is 9.73. The first kappa shape index (κ1) is 22.6. The average molecular weight is 466 g/mol. The molecule has 7 heteroatoms. The molecule has 178 valence electrons. The van der Waals surface area contributed by atoms with Gasteiger partial charge < -0.3 is 19.2 Å². The van der Waals surface area contributed by atoms with Gasteiger partial charge in [-0.3, -0.25) is 4.79 Å². The van der Waals surface area contributed by atoms with Crippen LogP contribution in [-0.4, -0.2) is 31.1 Å². The molecule has 1 aromatic carbocycles. The monoisotopic (exact) mass is 465 g/mol. The Morgan fingerprint density at radius 1 is 1.15 bits per heavy atom. The van der Waals surface area contributed by atoms with Gasteiger partial charge in [0.15, 0.2) is 5.78 Å². The molecule has 2 aliphatic heterocycles. The number of furan rings is 1. The Labute approximate surface area is 197 Å². The SMILES string of the molecule is CC1=C(C(=O)OC[C@@H]2CCCO2)[C@@H](c2ccc(C)o2)C2=C(C[C@@H](c3ccc(F)cc3)CC2=O)N1. The highest BCUT2D eigenvalue weighted by Gasteiger charge is 2.43. The predicted octanol–water partition coefficient (Wildman–Crippen LogP) is 4.81. The Morgan fingerprint density at radius 2 is 1.94 bits per heavy atom. The van der Waals surface area contributed by atoms with Crippen LogP contribution in [-0.2, 0) is 19.1 Å². The summed E-state index contributed by atoms with van der Waals surface area (Å²) in [4.78, 5) is 26.8. The van der Waals surface area contributed by atoms with Crippen LogP contribution in [0.2, 0.25) is 0 Å². The van der Waals surface area contributed by atoms with Crippen molar-refractivity contribution in [2.75, 3.05) is 13.2 Å². The first-order valence-electron chi connectivity index (χ1n) is 11.7. The summed E-state index contributed by atoms with van der Waals surface area (Å²) in [6, 6.07) is 9.93. The third-order valence-electron chi connectivity index (χ3n) is 6.86. The summed E-state index contributed by atoms with van der Waals surface area (Å²) < 4.78 is 30.6. The molecule has 1 aromatic heterocycles. The van der Waals surface area contributed by atoms with Gasteiger partial charge in [0, 0.05) is 30.0 Å². The second-order valence-corrected chi connectivity index (χ2v) is 9.25. The zero-order valence-electron chi connectivity index (χ0n) is 19.4. The first-order valence-corrected chi connectivity index (χ1v) is 11.7. The number of ketones is 1. The first-order chi connectivity index (χ1) is 16.4. The van der Waals surface area contributed by atoms with Gasteiger partial charge in [0.05, 0.1) is 17.6 Å². The summed E-state index contributed by atoms with van der Waals surface area (Å²) >= 11 is 0. The second-order valence-electron chi connectivity index (χ2n) is 9.25. The van der Waals surface area contributed by atoms with Gasteiger partial charge in [0.25, 0.3) is 0 Å². The standard InChI is InChI=1S/C27H28FNO5/c1-15-5-10-23(34-15)26-24(27(31)33-14-20-4-3-11-32-20)16(2)29-21-12-18(13-22(30)25(21)26)17-6-8-19(28)9-7-17/h5-10,18,20,26,29H,3-4,11-14H2,1-2H3/t18-,20+,26-/m1/s1. The van der Waals surface area contributed by atoms with Crippen molar-refractivity contribution in [3.05, 3.63) is 81.8 Å². The lowest BCUT2D eigenvalue weighted by molar-refractivity contribution is -0.142. The Balaban J connectivity index is 1.47. The van der Waals surface area contributed by atoms with E-state index in [1.54, 1.807) is 12.1 Å². The molecular formula is C27H28FNO5. The quantitative estimate of drug-likeness (QED) is 0.639. The van der Waals surface area contributed by atoms with Gasteiger partial charge in [-0.1, -0.05) is 12.1 Å². The lowest BCUT2D eigenvalue weighted by Gasteiger charge is -2.35. The number of benzene rings is 1. The smallest absolute Gasteiger partial charge is 0.336 e. The molecule has 2 aromatic rings. The molecule has 6 nitrogen and oxygen atoms in total. The van der Waals surface area contributed by atoms with Crippen LogP contribution >= 0.6 is 0 Å². The molecular weight excluding hydrogens is 437 g/mol. The molecule has 3 aliphatic rings. The Bertz CT molecular complexity index is 1170. The molecule has 1 aliphatic carbocycles. The van der Waals surface area contributed by atoms with E-state index in [0.717, 1.165) is 24.1 Å². The fourth-order valence-electron chi connectivity index (χ4n) is 5.20. The number of dihydropyridines is 1. The zero-order chi connectivity index (χ0) is 23.8. The molecule has 34 heavy (non-hydrogen) atoms. The molecule has 5 rings (SSSR count). The number of carbonyl (C=O) groups excluding carboxylic acids is 2. The molecule has 3 atom stereocenters. The highest BCUT2D eigenvalue weighted by atomic mass is 19.1. The highest BCUT2D eigenvalue weighted by molar-refractivity contribution is 6.04. The van der Waals surface area contributed by atoms with Crippen LogP contribution in [0.15, 0.2) is 63.4 Å². The van der Waals surface area contributed by atoms with Crippen molar-refractivity contribution in [1.82, 2.24) is 5.32 Å². The number of rotatable bonds is 5. The summed E-state index contributed by atoms with van der Waals surface area (Å²) in [5.74, 6) is -0.294. The maximum Gasteiger partial charge on any atom is 0.336 e. The molecule has 1 N–H and O–H groups in total. The predicted molar refractivity (Wildman–Crippen MR) is 122 cm³/mol. The van der Waals surface area contributed by atoms with Crippen LogP contribution in [0, 0.1) is 12.7 Å². The van der Waals surface area contributed by atoms with Crippen molar-refractivity contribution in [2.45, 2.75) is 57.5 Å². The Kier molecular flexibility index (Phi) is 6.13. The number of aryl methyl sites for hydroxylation is 1. The minimum absolute atomic E-state index is 0.0564. The van der Waals surface area contributed by atoms with E-state index in [0.29, 0.717) is 41.4 Å². The third kappa shape index (κ3) is 4.32. The van der Waals surface area contributed by atoms with E-state index in [4.69, 9.17) is 13.9 Å². The topological polar surface area (TPSA) is 77.8 Å². The molecule has 1 saturated heterocycles. The molecule has 0 saturated carbocycles. The number of ether oxygens (including phenoxy) is 2. The second kappa shape index (κ2) is 9.22. The molecule has 3 heterocycles. The molecule has 0 radical (unpaired) electrons. The third-order valence-corrected chi connectivity index (χ3v) is 6.86. The maximum absolute atomic E-state index is 13.5. The lowest BCUT2D eigenvalue weighted by Crippen LogP contribution is -2.36. The van der Waals surface area contributed by atoms with Crippen LogP contribution in [0.25, 0.3) is 0 Å². The fourth-order valence-corrected chi connectivity index (χ4v) is 5.20. The van der Waals surface area contributed by atoms with Crippen LogP contribution in [0.3, 0.4) is 0 Å². The number of esters is 1. The summed E-state index contributed by atoms with van der Waals surface area (Å²) in [5.41, 5.74) is 3.26. The molecule has 0 amide bonds. The van der Waals surface area contributed by atoms with Crippen molar-refractivity contribution in [2.24, 2.45) is 0 Å². The number of allylic oxidation sites excluding steroid dienone is 3. The van der Waals surface area contributed by atoms with Crippen molar-refractivity contribution in [3.63, 3.8) is 0 Å². The van der Waals surface area contributed by atoms with E-state index < -0.39 is 11.9 Å². The minimum Gasteiger partial charge on any atom is -0.465 e. The van der Waals surface area contributed by atoms with Crippen molar-refractivity contribution < 1.29 is 27.9 Å². The van der Waals surface area contributed by atoms with Crippen LogP contribution < -0.4 is 5.32 Å². The van der Waals surface area contributed by atoms with E-state index in [-0.39, 0.29) is 36.7 Å². The normalized spacial score (nSPS) is 24.8. The number of carbonyl (C=O) groups is 2. The summed E-state index contributed by atoms with van der Waals surface area (Å²) in [6.07, 6.45) is 2.59. The number of halogens is 1. The Hall–Kier alpha value is -3.19. The summed E-state index contributed by atoms with van der Waals surface area (Å²) in [7, 11) is 0. The van der Waals surface area contributed by atoms with Gasteiger partial charge in [-0.15, -0.1) is 0 Å². The maximum atomic E-state index is 13.5. The van der Waals surface area contributed by atoms with Crippen LogP contribution in [0.4, 0.5) is 4.39 Å². The van der Waals surface area contributed by atoms with Crippen molar-refractivity contribution in [1.29, 1.82) is 0 Å². The van der Waals surface area contributed by atoms with Crippen molar-refractivity contribution in [3.8, 4) is 0 Å². The summed E-state index contributed by atoms with van der Waals surface area (Å²) in [6.45, 7) is 4.52. The highest BCUT2D eigenvalue weighted by Crippen LogP contribution is 2.46. The van der Waals surface area contributed by atoms with Gasteiger partial charge in [-0.05, 0) is 68.9 Å². The number of nitrogens with one attached hydrogen (secondary N) is 1. The van der Waals surface area contributed by atoms with Crippen LogP contribution in [0.5, 0.6) is 0 Å². The molecule has 1 fully saturated rings. The molecule has 0 spiro atoms. The molecule has 0 bridgehead atoms. The van der Waals surface area contributed by atoms with Crippen LogP contribution in [0.1, 0.15) is 61.5 Å². The van der Waals surface area contributed by atoms with Gasteiger partial charge in [0.1, 0.15) is 23.9 Å². The van der Waals surface area contributed by atoms with E-state index in [9.17, 15) is 14.0 Å². The molecule has 0 unspecified atom stereocenters. The van der Waals surface area contributed by atoms with E-state index in [1.165, 1.54) is 12.1 Å². The zero-order valence-corrected chi connectivity index (χ0v) is 19.4. The number of hydrogen-bond acceptors (Lipinski definition) is 6. The Morgan fingerprint density at radius 3 is 2.62 bits per heavy atom. The van der Waals surface area contributed by atoms with Gasteiger partial charge in [-0.2, -0.15) is 0 Å². The summed E-state index contributed by atoms with van der Waals surface area (Å²) in [5, 5.41) is 3.32. The van der Waals surface area contributed by atoms with Crippen molar-refractivity contribution >= 4 is 11.8 Å². The van der Waals surface area contributed by atoms with E-state index in [1.807, 2.05) is 26.0 Å². The largest absolute Gasteiger partial charge is 0.465 e. The number of hydrogen-bond donors (Lipinski definition) is 1. The van der Waals surface area contributed by atoms with Gasteiger partial charge >= 0.3 is 5.97 Å². The average Bonchev–Trinajstić information content (AvgIpc) is 3.48. The van der Waals surface area contributed by atoms with E-state index >= 15 is 0 Å². The fraction of sp³-hybridized carbons (Fsp3) is 0.407.